The highest BCUT2D eigenvalue weighted by Gasteiger charge is 2.00. The van der Waals surface area contributed by atoms with Crippen LogP contribution in [0.5, 0.6) is 0 Å². The topological polar surface area (TPSA) is 26.0 Å². The van der Waals surface area contributed by atoms with Crippen molar-refractivity contribution in [3.63, 3.8) is 0 Å². The Morgan fingerprint density at radius 1 is 1.62 bits per heavy atom. The van der Waals surface area contributed by atoms with E-state index in [2.05, 4.69) is 6.92 Å². The van der Waals surface area contributed by atoms with Gasteiger partial charge in [-0.05, 0) is 18.9 Å². The summed E-state index contributed by atoms with van der Waals surface area (Å²) in [6, 6.07) is 0. The fourth-order valence-corrected chi connectivity index (χ4v) is 0.947. The number of hydrogen-bond donors (Lipinski definition) is 1. The van der Waals surface area contributed by atoms with Gasteiger partial charge in [0.05, 0.1) is 0 Å². The zero-order valence-corrected chi connectivity index (χ0v) is 6.12. The van der Waals surface area contributed by atoms with Crippen molar-refractivity contribution in [2.45, 2.75) is 19.8 Å². The first-order chi connectivity index (χ1) is 3.85. The van der Waals surface area contributed by atoms with Gasteiger partial charge in [-0.1, -0.05) is 13.3 Å². The third-order valence-electron chi connectivity index (χ3n) is 1.25. The highest BCUT2D eigenvalue weighted by atomic mass is 35.5. The van der Waals surface area contributed by atoms with Crippen LogP contribution in [0.25, 0.3) is 0 Å². The molecule has 0 spiro atoms. The van der Waals surface area contributed by atoms with Crippen molar-refractivity contribution in [3.8, 4) is 0 Å². The fraction of sp³-hybridized carbons (Fsp3) is 1.00. The van der Waals surface area contributed by atoms with Gasteiger partial charge in [0.25, 0.3) is 0 Å². The minimum absolute atomic E-state index is 0.543. The van der Waals surface area contributed by atoms with Crippen molar-refractivity contribution in [2.24, 2.45) is 11.7 Å². The number of alkyl halides is 1. The van der Waals surface area contributed by atoms with Crippen molar-refractivity contribution in [3.05, 3.63) is 0 Å². The zero-order chi connectivity index (χ0) is 6.41. The second-order valence-electron chi connectivity index (χ2n) is 2.04. The lowest BCUT2D eigenvalue weighted by Gasteiger charge is -2.06. The molecule has 0 aromatic carbocycles. The van der Waals surface area contributed by atoms with Crippen LogP contribution in [0.1, 0.15) is 19.8 Å². The Labute approximate surface area is 56.2 Å². The Bertz CT molecular complexity index is 43.8. The maximum absolute atomic E-state index is 5.57. The molecule has 2 heteroatoms. The molecule has 1 unspecified atom stereocenters. The second kappa shape index (κ2) is 5.39. The zero-order valence-electron chi connectivity index (χ0n) is 5.36. The SMILES string of the molecule is CCCC(CN)CCl. The van der Waals surface area contributed by atoms with Crippen LogP contribution in [-0.4, -0.2) is 12.4 Å². The molecule has 0 radical (unpaired) electrons. The maximum atomic E-state index is 5.57. The molecule has 0 heterocycles. The average molecular weight is 136 g/mol. The van der Waals surface area contributed by atoms with E-state index in [1.54, 1.807) is 0 Å². The van der Waals surface area contributed by atoms with E-state index in [9.17, 15) is 0 Å². The normalized spacial score (nSPS) is 13.9. The van der Waals surface area contributed by atoms with Gasteiger partial charge < -0.3 is 5.73 Å². The van der Waals surface area contributed by atoms with Crippen molar-refractivity contribution in [1.82, 2.24) is 0 Å². The van der Waals surface area contributed by atoms with E-state index in [4.69, 9.17) is 17.3 Å². The van der Waals surface area contributed by atoms with Crippen LogP contribution < -0.4 is 5.73 Å². The summed E-state index contributed by atoms with van der Waals surface area (Å²) in [5, 5.41) is 0. The Morgan fingerprint density at radius 3 is 2.38 bits per heavy atom. The monoisotopic (exact) mass is 135 g/mol. The summed E-state index contributed by atoms with van der Waals surface area (Å²) in [6.07, 6.45) is 2.36. The molecule has 2 N–H and O–H groups in total. The van der Waals surface area contributed by atoms with Gasteiger partial charge in [0.1, 0.15) is 0 Å². The highest BCUT2D eigenvalue weighted by Crippen LogP contribution is 2.05. The van der Waals surface area contributed by atoms with Crippen LogP contribution in [-0.2, 0) is 0 Å². The summed E-state index contributed by atoms with van der Waals surface area (Å²) < 4.78 is 0. The summed E-state index contributed by atoms with van der Waals surface area (Å²) in [7, 11) is 0. The van der Waals surface area contributed by atoms with Gasteiger partial charge in [-0.25, -0.2) is 0 Å². The lowest BCUT2D eigenvalue weighted by atomic mass is 10.1. The molecule has 0 amide bonds. The van der Waals surface area contributed by atoms with E-state index in [-0.39, 0.29) is 0 Å². The summed E-state index contributed by atoms with van der Waals surface area (Å²) in [4.78, 5) is 0. The Hall–Kier alpha value is 0.250. The van der Waals surface area contributed by atoms with Gasteiger partial charge in [0.2, 0.25) is 0 Å². The standard InChI is InChI=1S/C6H14ClN/c1-2-3-6(4-7)5-8/h6H,2-5,8H2,1H3. The van der Waals surface area contributed by atoms with Crippen LogP contribution in [0.15, 0.2) is 0 Å². The smallest absolute Gasteiger partial charge is 0.0263 e. The van der Waals surface area contributed by atoms with E-state index in [0.29, 0.717) is 11.8 Å². The largest absolute Gasteiger partial charge is 0.330 e. The van der Waals surface area contributed by atoms with E-state index in [0.717, 1.165) is 6.54 Å². The summed E-state index contributed by atoms with van der Waals surface area (Å²) >= 11 is 5.57. The minimum Gasteiger partial charge on any atom is -0.330 e. The number of nitrogens with two attached hydrogens (primary N) is 1. The summed E-state index contributed by atoms with van der Waals surface area (Å²) in [5.41, 5.74) is 5.38. The molecule has 0 aromatic rings. The molecule has 0 aliphatic heterocycles. The molecule has 0 saturated heterocycles. The quantitative estimate of drug-likeness (QED) is 0.583. The molecule has 0 rings (SSSR count). The molecule has 50 valence electrons. The molecule has 1 atom stereocenters. The Morgan fingerprint density at radius 2 is 2.25 bits per heavy atom. The van der Waals surface area contributed by atoms with Gasteiger partial charge in [0.15, 0.2) is 0 Å². The summed E-state index contributed by atoms with van der Waals surface area (Å²) in [6.45, 7) is 2.88. The van der Waals surface area contributed by atoms with Crippen molar-refractivity contribution >= 4 is 11.6 Å². The van der Waals surface area contributed by atoms with Crippen molar-refractivity contribution < 1.29 is 0 Å². The number of halogens is 1. The predicted molar refractivity (Wildman–Crippen MR) is 38.2 cm³/mol. The van der Waals surface area contributed by atoms with Crippen molar-refractivity contribution in [1.29, 1.82) is 0 Å². The lowest BCUT2D eigenvalue weighted by Crippen LogP contribution is -2.15. The molecule has 1 nitrogen and oxygen atoms in total. The third-order valence-corrected chi connectivity index (χ3v) is 1.68. The van der Waals surface area contributed by atoms with Gasteiger partial charge in [-0.3, -0.25) is 0 Å². The van der Waals surface area contributed by atoms with Crippen LogP contribution in [0.4, 0.5) is 0 Å². The molecular formula is C6H14ClN. The second-order valence-corrected chi connectivity index (χ2v) is 2.35. The van der Waals surface area contributed by atoms with Crippen LogP contribution in [0.2, 0.25) is 0 Å². The van der Waals surface area contributed by atoms with E-state index >= 15 is 0 Å². The molecule has 0 aliphatic rings. The molecule has 0 saturated carbocycles. The van der Waals surface area contributed by atoms with E-state index < -0.39 is 0 Å². The molecule has 8 heavy (non-hydrogen) atoms. The van der Waals surface area contributed by atoms with Crippen LogP contribution in [0, 0.1) is 5.92 Å². The average Bonchev–Trinajstić information content (AvgIpc) is 1.83. The minimum atomic E-state index is 0.543. The lowest BCUT2D eigenvalue weighted by molar-refractivity contribution is 0.542. The van der Waals surface area contributed by atoms with Gasteiger partial charge in [-0.2, -0.15) is 0 Å². The molecule has 0 bridgehead atoms. The van der Waals surface area contributed by atoms with Gasteiger partial charge in [0, 0.05) is 5.88 Å². The Kier molecular flexibility index (Phi) is 5.56. The first-order valence-electron chi connectivity index (χ1n) is 3.11. The maximum Gasteiger partial charge on any atom is 0.0263 e. The highest BCUT2D eigenvalue weighted by molar-refractivity contribution is 6.18. The number of rotatable bonds is 4. The molecule has 0 fully saturated rings. The number of hydrogen-bond acceptors (Lipinski definition) is 1. The molecular weight excluding hydrogens is 122 g/mol. The third kappa shape index (κ3) is 3.28. The fourth-order valence-electron chi connectivity index (χ4n) is 0.666. The first-order valence-corrected chi connectivity index (χ1v) is 3.64. The van der Waals surface area contributed by atoms with Crippen molar-refractivity contribution in [2.75, 3.05) is 12.4 Å². The first kappa shape index (κ1) is 8.25. The molecule has 0 aromatic heterocycles. The van der Waals surface area contributed by atoms with Gasteiger partial charge in [-0.15, -0.1) is 11.6 Å². The summed E-state index contributed by atoms with van der Waals surface area (Å²) in [5.74, 6) is 1.26. The van der Waals surface area contributed by atoms with Crippen LogP contribution >= 0.6 is 11.6 Å². The molecule has 0 aliphatic carbocycles. The Balaban J connectivity index is 3.07. The van der Waals surface area contributed by atoms with Gasteiger partial charge >= 0.3 is 0 Å². The predicted octanol–water partition coefficient (Wildman–Crippen LogP) is 1.60. The van der Waals surface area contributed by atoms with E-state index in [1.807, 2.05) is 0 Å². The van der Waals surface area contributed by atoms with E-state index in [1.165, 1.54) is 12.8 Å². The van der Waals surface area contributed by atoms with Crippen LogP contribution in [0.3, 0.4) is 0 Å².